The molecular weight excluding hydrogens is 270 g/mol. The second kappa shape index (κ2) is 5.52. The average Bonchev–Trinajstić information content (AvgIpc) is 2.41. The van der Waals surface area contributed by atoms with Crippen molar-refractivity contribution in [2.45, 2.75) is 0 Å². The van der Waals surface area contributed by atoms with Crippen LogP contribution >= 0.6 is 0 Å². The lowest BCUT2D eigenvalue weighted by Crippen LogP contribution is -2.14. The van der Waals surface area contributed by atoms with Gasteiger partial charge in [-0.25, -0.2) is 0 Å². The molecule has 0 aliphatic heterocycles. The number of nitrogens with zero attached hydrogens (tertiary/aromatic N) is 1. The Labute approximate surface area is 112 Å². The Kier molecular flexibility index (Phi) is 3.79. The fourth-order valence-corrected chi connectivity index (χ4v) is 1.53. The van der Waals surface area contributed by atoms with Crippen LogP contribution in [0.5, 0.6) is 11.5 Å². The first-order chi connectivity index (χ1) is 9.51. The summed E-state index contributed by atoms with van der Waals surface area (Å²) in [7, 11) is 1.41. The van der Waals surface area contributed by atoms with E-state index in [0.29, 0.717) is 5.75 Å². The van der Waals surface area contributed by atoms with Crippen molar-refractivity contribution in [1.29, 1.82) is 0 Å². The van der Waals surface area contributed by atoms with Crippen molar-refractivity contribution in [3.05, 3.63) is 47.8 Å². The zero-order valence-corrected chi connectivity index (χ0v) is 10.4. The van der Waals surface area contributed by atoms with Gasteiger partial charge in [0.2, 0.25) is 11.9 Å². The van der Waals surface area contributed by atoms with E-state index < -0.39 is 17.8 Å². The van der Waals surface area contributed by atoms with Gasteiger partial charge in [-0.2, -0.15) is 13.8 Å². The van der Waals surface area contributed by atoms with Crippen molar-refractivity contribution in [1.82, 2.24) is 4.98 Å². The number of aromatic hydroxyl groups is 1. The summed E-state index contributed by atoms with van der Waals surface area (Å²) in [4.78, 5) is 14.8. The van der Waals surface area contributed by atoms with Crippen molar-refractivity contribution < 1.29 is 23.4 Å². The zero-order chi connectivity index (χ0) is 14.7. The fraction of sp³-hybridized carbons (Fsp3) is 0.0769. The van der Waals surface area contributed by atoms with Crippen LogP contribution in [0.4, 0.5) is 14.5 Å². The lowest BCUT2D eigenvalue weighted by molar-refractivity contribution is 0.102. The number of nitrogens with one attached hydrogen (secondary N) is 1. The smallest absolute Gasteiger partial charge is 0.259 e. The summed E-state index contributed by atoms with van der Waals surface area (Å²) in [6.07, 6.45) is 0. The Morgan fingerprint density at radius 2 is 2.05 bits per heavy atom. The molecule has 2 N–H and O–H groups in total. The summed E-state index contributed by atoms with van der Waals surface area (Å²) in [5.74, 6) is -2.84. The summed E-state index contributed by atoms with van der Waals surface area (Å²) >= 11 is 0. The van der Waals surface area contributed by atoms with Crippen molar-refractivity contribution >= 4 is 11.6 Å². The molecule has 0 spiro atoms. The molecule has 2 aromatic rings. The minimum Gasteiger partial charge on any atom is -0.507 e. The lowest BCUT2D eigenvalue weighted by Gasteiger charge is -2.08. The van der Waals surface area contributed by atoms with Gasteiger partial charge in [0.15, 0.2) is 0 Å². The normalized spacial score (nSPS) is 10.2. The Morgan fingerprint density at radius 1 is 1.30 bits per heavy atom. The number of carbonyl (C=O) groups excluding carboxylic acids is 1. The third-order valence-electron chi connectivity index (χ3n) is 2.51. The third kappa shape index (κ3) is 2.82. The van der Waals surface area contributed by atoms with Crippen LogP contribution in [0.2, 0.25) is 0 Å². The van der Waals surface area contributed by atoms with Gasteiger partial charge in [-0.1, -0.05) is 0 Å². The van der Waals surface area contributed by atoms with Crippen LogP contribution in [0.3, 0.4) is 0 Å². The maximum Gasteiger partial charge on any atom is 0.259 e. The molecule has 0 saturated carbocycles. The third-order valence-corrected chi connectivity index (χ3v) is 2.51. The number of methoxy groups -OCH3 is 1. The topological polar surface area (TPSA) is 71.5 Å². The van der Waals surface area contributed by atoms with Gasteiger partial charge < -0.3 is 15.2 Å². The van der Waals surface area contributed by atoms with Crippen molar-refractivity contribution in [2.24, 2.45) is 0 Å². The molecule has 1 heterocycles. The van der Waals surface area contributed by atoms with E-state index in [1.165, 1.54) is 25.3 Å². The number of pyridine rings is 1. The molecule has 0 aliphatic carbocycles. The minimum atomic E-state index is -1.15. The number of phenols is 1. The number of phenolic OH excluding ortho intramolecular Hbond substituents is 1. The Bertz CT molecular complexity index is 662. The van der Waals surface area contributed by atoms with Gasteiger partial charge in [-0.15, -0.1) is 0 Å². The second-order valence-electron chi connectivity index (χ2n) is 3.81. The van der Waals surface area contributed by atoms with Crippen LogP contribution < -0.4 is 10.1 Å². The number of halogens is 2. The Hall–Kier alpha value is -2.70. The molecule has 1 aromatic heterocycles. The molecule has 0 radical (unpaired) electrons. The van der Waals surface area contributed by atoms with E-state index >= 15 is 0 Å². The van der Waals surface area contributed by atoms with Crippen LogP contribution in [0, 0.1) is 11.9 Å². The van der Waals surface area contributed by atoms with Gasteiger partial charge in [0, 0.05) is 6.07 Å². The Morgan fingerprint density at radius 3 is 2.65 bits per heavy atom. The standard InChI is InChI=1S/C13H10F2N2O3/c1-20-7-2-3-8(10(18)6-7)13(19)16-9-4-5-11(14)17-12(9)15/h2-6,18H,1H3,(H,16,19). The van der Waals surface area contributed by atoms with E-state index in [9.17, 15) is 18.7 Å². The summed E-state index contributed by atoms with van der Waals surface area (Å²) in [6.45, 7) is 0. The van der Waals surface area contributed by atoms with E-state index in [0.717, 1.165) is 12.1 Å². The number of hydrogen-bond donors (Lipinski definition) is 2. The van der Waals surface area contributed by atoms with Crippen LogP contribution in [0.1, 0.15) is 10.4 Å². The maximum atomic E-state index is 13.3. The fourth-order valence-electron chi connectivity index (χ4n) is 1.53. The van der Waals surface area contributed by atoms with Crippen LogP contribution in [0.25, 0.3) is 0 Å². The predicted molar refractivity (Wildman–Crippen MR) is 66.8 cm³/mol. The second-order valence-corrected chi connectivity index (χ2v) is 3.81. The number of ether oxygens (including phenoxy) is 1. The summed E-state index contributed by atoms with van der Waals surface area (Å²) in [5.41, 5.74) is -0.360. The largest absolute Gasteiger partial charge is 0.507 e. The first-order valence-corrected chi connectivity index (χ1v) is 5.51. The Balaban J connectivity index is 2.24. The van der Waals surface area contributed by atoms with E-state index in [4.69, 9.17) is 4.74 Å². The first-order valence-electron chi connectivity index (χ1n) is 5.51. The van der Waals surface area contributed by atoms with Gasteiger partial charge in [0.25, 0.3) is 5.91 Å². The monoisotopic (exact) mass is 280 g/mol. The van der Waals surface area contributed by atoms with Crippen molar-refractivity contribution in [3.63, 3.8) is 0 Å². The van der Waals surface area contributed by atoms with Crippen LogP contribution in [-0.4, -0.2) is 23.1 Å². The van der Waals surface area contributed by atoms with E-state index in [2.05, 4.69) is 10.3 Å². The number of hydrogen-bond acceptors (Lipinski definition) is 4. The molecule has 7 heteroatoms. The number of carbonyl (C=O) groups is 1. The highest BCUT2D eigenvalue weighted by Crippen LogP contribution is 2.24. The summed E-state index contributed by atoms with van der Waals surface area (Å²) in [6, 6.07) is 5.98. The molecule has 1 aromatic carbocycles. The van der Waals surface area contributed by atoms with Gasteiger partial charge in [0.1, 0.15) is 11.5 Å². The number of rotatable bonds is 3. The highest BCUT2D eigenvalue weighted by atomic mass is 19.1. The van der Waals surface area contributed by atoms with E-state index in [1.54, 1.807) is 0 Å². The molecule has 2 rings (SSSR count). The van der Waals surface area contributed by atoms with E-state index in [1.807, 2.05) is 0 Å². The molecule has 0 unspecified atom stereocenters. The average molecular weight is 280 g/mol. The minimum absolute atomic E-state index is 0.0745. The van der Waals surface area contributed by atoms with Crippen LogP contribution in [0.15, 0.2) is 30.3 Å². The number of anilines is 1. The molecule has 0 fully saturated rings. The molecule has 0 saturated heterocycles. The number of aromatic nitrogens is 1. The zero-order valence-electron chi connectivity index (χ0n) is 10.4. The molecule has 20 heavy (non-hydrogen) atoms. The van der Waals surface area contributed by atoms with E-state index in [-0.39, 0.29) is 17.0 Å². The predicted octanol–water partition coefficient (Wildman–Crippen LogP) is 2.33. The summed E-state index contributed by atoms with van der Waals surface area (Å²) < 4.78 is 30.8. The highest BCUT2D eigenvalue weighted by molar-refractivity contribution is 6.06. The molecule has 5 nitrogen and oxygen atoms in total. The van der Waals surface area contributed by atoms with Crippen molar-refractivity contribution in [3.8, 4) is 11.5 Å². The maximum absolute atomic E-state index is 13.3. The molecule has 104 valence electrons. The molecule has 1 amide bonds. The summed E-state index contributed by atoms with van der Waals surface area (Å²) in [5, 5.41) is 11.9. The molecule has 0 aliphatic rings. The highest BCUT2D eigenvalue weighted by Gasteiger charge is 2.15. The SMILES string of the molecule is COc1ccc(C(=O)Nc2ccc(F)nc2F)c(O)c1. The number of amides is 1. The molecule has 0 atom stereocenters. The van der Waals surface area contributed by atoms with Gasteiger partial charge >= 0.3 is 0 Å². The lowest BCUT2D eigenvalue weighted by atomic mass is 10.1. The van der Waals surface area contributed by atoms with Gasteiger partial charge in [0.05, 0.1) is 18.4 Å². The molecular formula is C13H10F2N2O3. The molecule has 0 bridgehead atoms. The number of benzene rings is 1. The van der Waals surface area contributed by atoms with Gasteiger partial charge in [-0.3, -0.25) is 4.79 Å². The van der Waals surface area contributed by atoms with Gasteiger partial charge in [-0.05, 0) is 24.3 Å². The van der Waals surface area contributed by atoms with Crippen LogP contribution in [-0.2, 0) is 0 Å². The van der Waals surface area contributed by atoms with Crippen molar-refractivity contribution in [2.75, 3.05) is 12.4 Å². The quantitative estimate of drug-likeness (QED) is 0.846. The first kappa shape index (κ1) is 13.7.